The molecule has 11 heteroatoms. The summed E-state index contributed by atoms with van der Waals surface area (Å²) >= 11 is 0. The van der Waals surface area contributed by atoms with Gasteiger partial charge in [-0.25, -0.2) is 14.4 Å². The average molecular weight is 560 g/mol. The number of rotatable bonds is 14. The number of carboxylic acids is 1. The summed E-state index contributed by atoms with van der Waals surface area (Å²) in [5.74, 6) is -1.89. The number of nitrogens with one attached hydrogen (secondary N) is 1. The Kier molecular flexibility index (Phi) is 12.9. The number of carboxylic acid groups (broad SMARTS) is 1. The van der Waals surface area contributed by atoms with Crippen molar-refractivity contribution in [1.29, 1.82) is 0 Å². The highest BCUT2D eigenvalue weighted by molar-refractivity contribution is 5.89. The van der Waals surface area contributed by atoms with Gasteiger partial charge in [-0.15, -0.1) is 0 Å². The monoisotopic (exact) mass is 559 g/mol. The van der Waals surface area contributed by atoms with E-state index in [-0.39, 0.29) is 30.6 Å². The van der Waals surface area contributed by atoms with Gasteiger partial charge in [-0.3, -0.25) is 4.79 Å². The normalized spacial score (nSPS) is 13.7. The lowest BCUT2D eigenvalue weighted by Crippen LogP contribution is -2.42. The Balaban J connectivity index is 2.13. The third-order valence-corrected chi connectivity index (χ3v) is 5.85. The van der Waals surface area contributed by atoms with Crippen molar-refractivity contribution in [3.8, 4) is 11.5 Å². The Bertz CT molecular complexity index is 1140. The van der Waals surface area contributed by atoms with Crippen LogP contribution in [0, 0.1) is 0 Å². The molecule has 2 N–H and O–H groups in total. The van der Waals surface area contributed by atoms with E-state index in [2.05, 4.69) is 5.32 Å². The molecule has 0 spiro atoms. The molecular formula is C29H37NO10. The standard InChI is InChI=1S/C29H37NO10/c1-6-18(3)37-28(34)39-24-14-13-21(16-25(24)40-29(35)38-19(4)7-2)15-23(26(31)32)30-17-20(5)36-27(33)22-11-9-8-10-12-22/h8-14,16,18-20,23,30H,6-7,15,17H2,1-5H3,(H,31,32)/t18?,19?,20?,23-/m0/s1. The van der Waals surface area contributed by atoms with Crippen molar-refractivity contribution in [1.82, 2.24) is 5.32 Å². The molecule has 0 aliphatic heterocycles. The Morgan fingerprint density at radius 3 is 1.90 bits per heavy atom. The summed E-state index contributed by atoms with van der Waals surface area (Å²) in [7, 11) is 0. The fourth-order valence-electron chi connectivity index (χ4n) is 3.22. The molecule has 0 radical (unpaired) electrons. The number of carbonyl (C=O) groups is 4. The third kappa shape index (κ3) is 10.9. The molecule has 0 aliphatic carbocycles. The highest BCUT2D eigenvalue weighted by atomic mass is 16.7. The van der Waals surface area contributed by atoms with Crippen molar-refractivity contribution in [2.24, 2.45) is 0 Å². The van der Waals surface area contributed by atoms with Gasteiger partial charge in [0.05, 0.1) is 5.56 Å². The van der Waals surface area contributed by atoms with E-state index in [1.807, 2.05) is 13.8 Å². The van der Waals surface area contributed by atoms with Gasteiger partial charge in [-0.2, -0.15) is 0 Å². The number of esters is 1. The van der Waals surface area contributed by atoms with Gasteiger partial charge in [0.2, 0.25) is 0 Å². The third-order valence-electron chi connectivity index (χ3n) is 5.85. The van der Waals surface area contributed by atoms with Crippen molar-refractivity contribution < 1.29 is 48.0 Å². The first-order chi connectivity index (χ1) is 19.0. The summed E-state index contributed by atoms with van der Waals surface area (Å²) in [5.41, 5.74) is 0.849. The average Bonchev–Trinajstić information content (AvgIpc) is 2.92. The van der Waals surface area contributed by atoms with Crippen LogP contribution in [0.25, 0.3) is 0 Å². The molecule has 3 unspecified atom stereocenters. The van der Waals surface area contributed by atoms with Gasteiger partial charge < -0.3 is 34.1 Å². The summed E-state index contributed by atoms with van der Waals surface area (Å²) < 4.78 is 26.2. The van der Waals surface area contributed by atoms with E-state index in [4.69, 9.17) is 23.7 Å². The Hall–Kier alpha value is -4.12. The molecule has 0 saturated carbocycles. The molecule has 2 aromatic carbocycles. The zero-order valence-corrected chi connectivity index (χ0v) is 23.4. The number of aliphatic carboxylic acids is 1. The molecule has 0 aliphatic rings. The van der Waals surface area contributed by atoms with Crippen molar-refractivity contribution in [2.75, 3.05) is 6.54 Å². The quantitative estimate of drug-likeness (QED) is 0.180. The van der Waals surface area contributed by atoms with Crippen LogP contribution in [0.15, 0.2) is 48.5 Å². The van der Waals surface area contributed by atoms with Crippen LogP contribution in [-0.2, 0) is 25.4 Å². The van der Waals surface area contributed by atoms with E-state index in [0.29, 0.717) is 24.0 Å². The molecule has 0 fully saturated rings. The number of carbonyl (C=O) groups excluding carboxylic acids is 3. The zero-order chi connectivity index (χ0) is 29.7. The second-order valence-corrected chi connectivity index (χ2v) is 9.24. The van der Waals surface area contributed by atoms with E-state index in [9.17, 15) is 24.3 Å². The summed E-state index contributed by atoms with van der Waals surface area (Å²) in [4.78, 5) is 48.7. The maximum absolute atomic E-state index is 12.3. The smallest absolute Gasteiger partial charge is 0.480 e. The lowest BCUT2D eigenvalue weighted by Gasteiger charge is -2.19. The van der Waals surface area contributed by atoms with E-state index in [1.165, 1.54) is 18.2 Å². The molecule has 0 aromatic heterocycles. The van der Waals surface area contributed by atoms with Crippen LogP contribution in [-0.4, -0.2) is 60.3 Å². The van der Waals surface area contributed by atoms with Gasteiger partial charge in [0, 0.05) is 6.54 Å². The Morgan fingerprint density at radius 2 is 1.35 bits per heavy atom. The fraction of sp³-hybridized carbons (Fsp3) is 0.448. The zero-order valence-electron chi connectivity index (χ0n) is 23.4. The molecular weight excluding hydrogens is 522 g/mol. The van der Waals surface area contributed by atoms with Gasteiger partial charge in [0.1, 0.15) is 24.4 Å². The first kappa shape index (κ1) is 32.1. The summed E-state index contributed by atoms with van der Waals surface area (Å²) in [6.45, 7) is 8.79. The summed E-state index contributed by atoms with van der Waals surface area (Å²) in [6.07, 6.45) is -2.28. The molecule has 0 saturated heterocycles. The summed E-state index contributed by atoms with van der Waals surface area (Å²) in [5, 5.41) is 12.6. The first-order valence-electron chi connectivity index (χ1n) is 13.1. The van der Waals surface area contributed by atoms with Crippen molar-refractivity contribution >= 4 is 24.2 Å². The molecule has 2 rings (SSSR count). The van der Waals surface area contributed by atoms with Crippen LogP contribution in [0.2, 0.25) is 0 Å². The first-order valence-corrected chi connectivity index (χ1v) is 13.1. The van der Waals surface area contributed by atoms with Crippen molar-refractivity contribution in [3.63, 3.8) is 0 Å². The number of ether oxygens (including phenoxy) is 5. The molecule has 0 heterocycles. The molecule has 40 heavy (non-hydrogen) atoms. The van der Waals surface area contributed by atoms with Gasteiger partial charge in [-0.1, -0.05) is 38.1 Å². The van der Waals surface area contributed by atoms with Crippen LogP contribution >= 0.6 is 0 Å². The van der Waals surface area contributed by atoms with Crippen LogP contribution in [0.3, 0.4) is 0 Å². The maximum atomic E-state index is 12.3. The molecule has 218 valence electrons. The summed E-state index contributed by atoms with van der Waals surface area (Å²) in [6, 6.07) is 11.7. The minimum atomic E-state index is -1.14. The predicted molar refractivity (Wildman–Crippen MR) is 145 cm³/mol. The van der Waals surface area contributed by atoms with Gasteiger partial charge in [0.15, 0.2) is 11.5 Å². The number of benzene rings is 2. The SMILES string of the molecule is CCC(C)OC(=O)Oc1ccc(C[C@H](NCC(C)OC(=O)c2ccccc2)C(=O)O)cc1OC(=O)OC(C)CC. The predicted octanol–water partition coefficient (Wildman–Crippen LogP) is 5.15. The Morgan fingerprint density at radius 1 is 0.775 bits per heavy atom. The van der Waals surface area contributed by atoms with E-state index < -0.39 is 42.5 Å². The number of hydrogen-bond acceptors (Lipinski definition) is 10. The van der Waals surface area contributed by atoms with Crippen LogP contribution < -0.4 is 14.8 Å². The van der Waals surface area contributed by atoms with Gasteiger partial charge >= 0.3 is 24.2 Å². The fourth-order valence-corrected chi connectivity index (χ4v) is 3.22. The molecule has 0 bridgehead atoms. The Labute approximate surface area is 233 Å². The second kappa shape index (κ2) is 16.1. The van der Waals surface area contributed by atoms with E-state index >= 15 is 0 Å². The second-order valence-electron chi connectivity index (χ2n) is 9.24. The van der Waals surface area contributed by atoms with Gasteiger partial charge in [0.25, 0.3) is 0 Å². The maximum Gasteiger partial charge on any atom is 0.514 e. The molecule has 11 nitrogen and oxygen atoms in total. The van der Waals surface area contributed by atoms with Crippen LogP contribution in [0.1, 0.15) is 63.4 Å². The van der Waals surface area contributed by atoms with E-state index in [0.717, 1.165) is 0 Å². The van der Waals surface area contributed by atoms with E-state index in [1.54, 1.807) is 51.1 Å². The minimum absolute atomic E-state index is 0.0248. The van der Waals surface area contributed by atoms with Crippen molar-refractivity contribution in [3.05, 3.63) is 59.7 Å². The van der Waals surface area contributed by atoms with Crippen molar-refractivity contribution in [2.45, 2.75) is 78.2 Å². The molecule has 4 atom stereocenters. The topological polar surface area (TPSA) is 147 Å². The number of hydrogen-bond donors (Lipinski definition) is 2. The largest absolute Gasteiger partial charge is 0.514 e. The minimum Gasteiger partial charge on any atom is -0.480 e. The van der Waals surface area contributed by atoms with Crippen LogP contribution in [0.5, 0.6) is 11.5 Å². The highest BCUT2D eigenvalue weighted by Gasteiger charge is 2.23. The lowest BCUT2D eigenvalue weighted by atomic mass is 10.0. The highest BCUT2D eigenvalue weighted by Crippen LogP contribution is 2.30. The lowest BCUT2D eigenvalue weighted by molar-refractivity contribution is -0.139. The van der Waals surface area contributed by atoms with Gasteiger partial charge in [-0.05, 0) is 69.9 Å². The molecule has 0 amide bonds. The molecule has 2 aromatic rings. The van der Waals surface area contributed by atoms with Crippen LogP contribution in [0.4, 0.5) is 9.59 Å².